The number of quaternary nitrogens is 1. The molecule has 0 saturated carbocycles. The molecule has 1 aliphatic heterocycles. The molecule has 6 nitrogen and oxygen atoms in total. The van der Waals surface area contributed by atoms with E-state index < -0.39 is 23.9 Å². The molecule has 0 spiro atoms. The zero-order chi connectivity index (χ0) is 12.1. The molecule has 0 aromatic heterocycles. The number of carbonyl (C=O) groups is 2. The topological polar surface area (TPSA) is 108 Å². The summed E-state index contributed by atoms with van der Waals surface area (Å²) in [7, 11) is 0. The molecule has 3 atom stereocenters. The summed E-state index contributed by atoms with van der Waals surface area (Å²) in [5.74, 6) is -2.41. The van der Waals surface area contributed by atoms with Crippen molar-refractivity contribution in [3.8, 4) is 0 Å². The minimum Gasteiger partial charge on any atom is -0.550 e. The second-order valence-electron chi connectivity index (χ2n) is 4.35. The van der Waals surface area contributed by atoms with E-state index in [0.717, 1.165) is 17.9 Å². The van der Waals surface area contributed by atoms with Crippen LogP contribution in [0.5, 0.6) is 0 Å². The van der Waals surface area contributed by atoms with Crippen LogP contribution in [-0.2, 0) is 9.59 Å². The standard InChI is InChI=1S/C10H18N2O4/c11-8(10(15)16)3-5-12-4-1-2-7(6-12)9(13)14/h7-8H,1-6,11H2,(H,13,14)(H,15,16). The van der Waals surface area contributed by atoms with Gasteiger partial charge in [-0.25, -0.2) is 0 Å². The van der Waals surface area contributed by atoms with Crippen LogP contribution < -0.4 is 15.7 Å². The lowest BCUT2D eigenvalue weighted by Gasteiger charge is -2.30. The molecular formula is C10H18N2O4. The molecule has 1 rings (SSSR count). The lowest BCUT2D eigenvalue weighted by molar-refractivity contribution is -0.908. The van der Waals surface area contributed by atoms with Gasteiger partial charge in [-0.1, -0.05) is 0 Å². The van der Waals surface area contributed by atoms with Gasteiger partial charge in [0.25, 0.3) is 0 Å². The number of carbonyl (C=O) groups excluding carboxylic acids is 1. The molecule has 3 unspecified atom stereocenters. The van der Waals surface area contributed by atoms with Crippen LogP contribution in [0.25, 0.3) is 0 Å². The molecule has 0 bridgehead atoms. The van der Waals surface area contributed by atoms with Gasteiger partial charge in [-0.05, 0) is 12.8 Å². The first kappa shape index (κ1) is 12.9. The van der Waals surface area contributed by atoms with Crippen molar-refractivity contribution in [1.29, 1.82) is 0 Å². The van der Waals surface area contributed by atoms with Crippen molar-refractivity contribution >= 4 is 11.9 Å². The maximum absolute atomic E-state index is 10.7. The van der Waals surface area contributed by atoms with E-state index in [1.165, 1.54) is 0 Å². The van der Waals surface area contributed by atoms with Crippen molar-refractivity contribution in [3.63, 3.8) is 0 Å². The van der Waals surface area contributed by atoms with Gasteiger partial charge in [0.2, 0.25) is 0 Å². The largest absolute Gasteiger partial charge is 0.550 e. The van der Waals surface area contributed by atoms with Gasteiger partial charge in [0.1, 0.15) is 6.04 Å². The van der Waals surface area contributed by atoms with Crippen LogP contribution >= 0.6 is 0 Å². The lowest BCUT2D eigenvalue weighted by Crippen LogP contribution is -3.14. The Hall–Kier alpha value is -1.14. The number of hydrogen-bond donors (Lipinski definition) is 3. The van der Waals surface area contributed by atoms with Crippen molar-refractivity contribution in [3.05, 3.63) is 0 Å². The molecule has 0 aliphatic carbocycles. The van der Waals surface area contributed by atoms with Crippen molar-refractivity contribution < 1.29 is 24.7 Å². The Balaban J connectivity index is 2.32. The van der Waals surface area contributed by atoms with E-state index in [1.807, 2.05) is 0 Å². The Bertz CT molecular complexity index is 270. The number of hydrogen-bond acceptors (Lipinski definition) is 4. The van der Waals surface area contributed by atoms with Gasteiger partial charge in [-0.15, -0.1) is 0 Å². The molecule has 92 valence electrons. The van der Waals surface area contributed by atoms with E-state index in [0.29, 0.717) is 25.9 Å². The second kappa shape index (κ2) is 5.81. The molecule has 6 heteroatoms. The van der Waals surface area contributed by atoms with Crippen LogP contribution in [0.2, 0.25) is 0 Å². The third kappa shape index (κ3) is 3.79. The van der Waals surface area contributed by atoms with Gasteiger partial charge < -0.3 is 25.6 Å². The smallest absolute Gasteiger partial charge is 0.320 e. The highest BCUT2D eigenvalue weighted by atomic mass is 16.4. The number of likely N-dealkylation sites (tertiary alicyclic amines) is 1. The number of piperidine rings is 1. The monoisotopic (exact) mass is 230 g/mol. The fourth-order valence-corrected chi connectivity index (χ4v) is 2.06. The van der Waals surface area contributed by atoms with Crippen LogP contribution in [0.15, 0.2) is 0 Å². The van der Waals surface area contributed by atoms with Crippen LogP contribution in [-0.4, -0.2) is 42.7 Å². The molecule has 1 heterocycles. The molecule has 0 amide bonds. The van der Waals surface area contributed by atoms with Crippen molar-refractivity contribution in [1.82, 2.24) is 0 Å². The molecule has 16 heavy (non-hydrogen) atoms. The van der Waals surface area contributed by atoms with Crippen LogP contribution in [0, 0.1) is 5.92 Å². The summed E-state index contributed by atoms with van der Waals surface area (Å²) >= 11 is 0. The third-order valence-electron chi connectivity index (χ3n) is 3.08. The summed E-state index contributed by atoms with van der Waals surface area (Å²) in [6.45, 7) is 2.02. The predicted octanol–water partition coefficient (Wildman–Crippen LogP) is -3.17. The van der Waals surface area contributed by atoms with Crippen LogP contribution in [0.4, 0.5) is 0 Å². The number of nitrogens with two attached hydrogens (primary N) is 1. The minimum absolute atomic E-state index is 0.379. The quantitative estimate of drug-likeness (QED) is 0.462. The maximum Gasteiger partial charge on any atom is 0.320 e. The van der Waals surface area contributed by atoms with Gasteiger partial charge in [-0.3, -0.25) is 4.79 Å². The minimum atomic E-state index is -1.01. The number of rotatable bonds is 5. The number of carboxylic acid groups (broad SMARTS) is 2. The van der Waals surface area contributed by atoms with E-state index in [1.54, 1.807) is 0 Å². The Morgan fingerprint density at radius 2 is 2.25 bits per heavy atom. The molecule has 1 aliphatic rings. The van der Waals surface area contributed by atoms with E-state index in [4.69, 9.17) is 10.8 Å². The lowest BCUT2D eigenvalue weighted by atomic mass is 9.98. The molecule has 0 radical (unpaired) electrons. The number of aliphatic carboxylic acids is 2. The SMILES string of the molecule is NC(CC[NH+]1CCCC(C(=O)[O-])C1)C(=O)O. The molecule has 1 saturated heterocycles. The highest BCUT2D eigenvalue weighted by Gasteiger charge is 2.24. The Kier molecular flexibility index (Phi) is 4.70. The first-order valence-corrected chi connectivity index (χ1v) is 5.53. The van der Waals surface area contributed by atoms with Crippen molar-refractivity contribution in [2.45, 2.75) is 25.3 Å². The Morgan fingerprint density at radius 1 is 1.56 bits per heavy atom. The van der Waals surface area contributed by atoms with E-state index >= 15 is 0 Å². The van der Waals surface area contributed by atoms with Crippen molar-refractivity contribution in [2.75, 3.05) is 19.6 Å². The fourth-order valence-electron chi connectivity index (χ4n) is 2.06. The van der Waals surface area contributed by atoms with E-state index in [9.17, 15) is 14.7 Å². The highest BCUT2D eigenvalue weighted by Crippen LogP contribution is 2.05. The zero-order valence-corrected chi connectivity index (χ0v) is 9.15. The first-order valence-electron chi connectivity index (χ1n) is 5.53. The van der Waals surface area contributed by atoms with Gasteiger partial charge in [-0.2, -0.15) is 0 Å². The van der Waals surface area contributed by atoms with Crippen LogP contribution in [0.3, 0.4) is 0 Å². The summed E-state index contributed by atoms with van der Waals surface area (Å²) in [5.41, 5.74) is 5.39. The average Bonchev–Trinajstić information content (AvgIpc) is 2.26. The van der Waals surface area contributed by atoms with Gasteiger partial charge in [0, 0.05) is 12.3 Å². The van der Waals surface area contributed by atoms with Gasteiger partial charge >= 0.3 is 5.97 Å². The summed E-state index contributed by atoms with van der Waals surface area (Å²) < 4.78 is 0. The van der Waals surface area contributed by atoms with E-state index in [2.05, 4.69) is 0 Å². The van der Waals surface area contributed by atoms with Crippen molar-refractivity contribution in [2.24, 2.45) is 11.7 Å². The fraction of sp³-hybridized carbons (Fsp3) is 0.800. The highest BCUT2D eigenvalue weighted by molar-refractivity contribution is 5.72. The first-order chi connectivity index (χ1) is 7.50. The Morgan fingerprint density at radius 3 is 2.81 bits per heavy atom. The molecule has 4 N–H and O–H groups in total. The Labute approximate surface area is 94.0 Å². The third-order valence-corrected chi connectivity index (χ3v) is 3.08. The summed E-state index contributed by atoms with van der Waals surface area (Å²) in [6.07, 6.45) is 1.89. The predicted molar refractivity (Wildman–Crippen MR) is 53.5 cm³/mol. The molecule has 0 aromatic rings. The maximum atomic E-state index is 10.7. The molecule has 1 fully saturated rings. The summed E-state index contributed by atoms with van der Waals surface area (Å²) in [5, 5.41) is 19.3. The zero-order valence-electron chi connectivity index (χ0n) is 9.15. The molecular weight excluding hydrogens is 212 g/mol. The average molecular weight is 230 g/mol. The number of carboxylic acids is 2. The molecule has 0 aromatic carbocycles. The number of nitrogens with one attached hydrogen (secondary N) is 1. The normalized spacial score (nSPS) is 27.3. The van der Waals surface area contributed by atoms with Gasteiger partial charge in [0.05, 0.1) is 25.6 Å². The van der Waals surface area contributed by atoms with Crippen LogP contribution in [0.1, 0.15) is 19.3 Å². The van der Waals surface area contributed by atoms with Gasteiger partial charge in [0.15, 0.2) is 0 Å². The second-order valence-corrected chi connectivity index (χ2v) is 4.35. The summed E-state index contributed by atoms with van der Waals surface area (Å²) in [4.78, 5) is 22.3. The summed E-state index contributed by atoms with van der Waals surface area (Å²) in [6, 6.07) is -0.851. The van der Waals surface area contributed by atoms with E-state index in [-0.39, 0.29) is 0 Å².